The summed E-state index contributed by atoms with van der Waals surface area (Å²) in [7, 11) is 0. The summed E-state index contributed by atoms with van der Waals surface area (Å²) < 4.78 is 0. The van der Waals surface area contributed by atoms with E-state index in [9.17, 15) is 0 Å². The third kappa shape index (κ3) is 3.78. The van der Waals surface area contributed by atoms with Crippen LogP contribution in [0.15, 0.2) is 42.5 Å². The van der Waals surface area contributed by atoms with E-state index in [0.29, 0.717) is 5.92 Å². The minimum Gasteiger partial charge on any atom is -0.0999 e. The zero-order valence-electron chi connectivity index (χ0n) is 9.29. The molecule has 0 radical (unpaired) electrons. The summed E-state index contributed by atoms with van der Waals surface area (Å²) in [5.41, 5.74) is 2.75. The van der Waals surface area contributed by atoms with Crippen LogP contribution < -0.4 is 0 Å². The minimum atomic E-state index is 0.665. The largest absolute Gasteiger partial charge is 0.0999 e. The number of benzene rings is 1. The van der Waals surface area contributed by atoms with E-state index in [0.717, 1.165) is 0 Å². The highest BCUT2D eigenvalue weighted by atomic mass is 14.1. The van der Waals surface area contributed by atoms with Crippen LogP contribution in [0.3, 0.4) is 0 Å². The highest BCUT2D eigenvalue weighted by molar-refractivity contribution is 5.14. The van der Waals surface area contributed by atoms with E-state index in [1.165, 1.54) is 30.4 Å². The van der Waals surface area contributed by atoms with Crippen molar-refractivity contribution in [2.75, 3.05) is 0 Å². The van der Waals surface area contributed by atoms with Crippen LogP contribution in [0.4, 0.5) is 0 Å². The van der Waals surface area contributed by atoms with Gasteiger partial charge in [0.05, 0.1) is 0 Å². The third-order valence-electron chi connectivity index (χ3n) is 2.79. The van der Waals surface area contributed by atoms with Gasteiger partial charge in [-0.15, -0.1) is 0 Å². The monoisotopic (exact) mass is 188 g/mol. The molecular weight excluding hydrogens is 168 g/mol. The van der Waals surface area contributed by atoms with Gasteiger partial charge in [0.15, 0.2) is 0 Å². The fourth-order valence-electron chi connectivity index (χ4n) is 1.50. The van der Waals surface area contributed by atoms with Crippen LogP contribution in [-0.4, -0.2) is 0 Å². The number of allylic oxidation sites excluding steroid dienone is 1. The third-order valence-corrected chi connectivity index (χ3v) is 2.79. The second-order valence-electron chi connectivity index (χ2n) is 4.13. The van der Waals surface area contributed by atoms with Crippen LogP contribution in [-0.2, 0) is 6.42 Å². The second-order valence-corrected chi connectivity index (χ2v) is 4.13. The van der Waals surface area contributed by atoms with Crippen LogP contribution in [0.1, 0.15) is 32.3 Å². The fourth-order valence-corrected chi connectivity index (χ4v) is 1.50. The van der Waals surface area contributed by atoms with Crippen molar-refractivity contribution >= 4 is 0 Å². The molecule has 0 nitrogen and oxygen atoms in total. The normalized spacial score (nSPS) is 12.4. The molecule has 0 fully saturated rings. The molecule has 0 spiro atoms. The first-order valence-electron chi connectivity index (χ1n) is 5.39. The number of hydrogen-bond acceptors (Lipinski definition) is 0. The summed E-state index contributed by atoms with van der Waals surface area (Å²) in [4.78, 5) is 0. The van der Waals surface area contributed by atoms with Gasteiger partial charge in [-0.25, -0.2) is 0 Å². The van der Waals surface area contributed by atoms with Crippen molar-refractivity contribution in [3.8, 4) is 0 Å². The Kier molecular flexibility index (Phi) is 4.45. The number of aryl methyl sites for hydroxylation is 1. The minimum absolute atomic E-state index is 0.665. The molecule has 1 atom stereocenters. The van der Waals surface area contributed by atoms with Crippen LogP contribution in [0, 0.1) is 5.92 Å². The predicted octanol–water partition coefficient (Wildman–Crippen LogP) is 4.22. The Balaban J connectivity index is 2.26. The molecule has 0 aromatic heterocycles. The van der Waals surface area contributed by atoms with Gasteiger partial charge < -0.3 is 0 Å². The van der Waals surface area contributed by atoms with Crippen molar-refractivity contribution in [3.05, 3.63) is 48.0 Å². The molecule has 0 aliphatic rings. The number of rotatable bonds is 5. The standard InChI is InChI=1S/C14H20/c1-12(2)13(3)8-7-11-14-9-5-4-6-10-14/h4-6,9-10,13H,1,7-8,11H2,2-3H3. The Morgan fingerprint density at radius 2 is 1.93 bits per heavy atom. The Morgan fingerprint density at radius 1 is 1.29 bits per heavy atom. The molecule has 0 bridgehead atoms. The molecule has 1 unspecified atom stereocenters. The zero-order valence-corrected chi connectivity index (χ0v) is 9.29. The maximum absolute atomic E-state index is 3.98. The molecule has 76 valence electrons. The molecular formula is C14H20. The molecule has 1 aromatic carbocycles. The summed E-state index contributed by atoms with van der Waals surface area (Å²) >= 11 is 0. The molecule has 14 heavy (non-hydrogen) atoms. The molecule has 0 aliphatic heterocycles. The Morgan fingerprint density at radius 3 is 2.50 bits per heavy atom. The maximum Gasteiger partial charge on any atom is -0.0237 e. The van der Waals surface area contributed by atoms with Crippen molar-refractivity contribution in [3.63, 3.8) is 0 Å². The molecule has 0 saturated carbocycles. The molecule has 1 aromatic rings. The van der Waals surface area contributed by atoms with E-state index in [1.807, 2.05) is 0 Å². The summed E-state index contributed by atoms with van der Waals surface area (Å²) in [6, 6.07) is 10.7. The lowest BCUT2D eigenvalue weighted by molar-refractivity contribution is 0.580. The molecule has 0 heteroatoms. The molecule has 0 heterocycles. The van der Waals surface area contributed by atoms with Crippen LogP contribution >= 0.6 is 0 Å². The average molecular weight is 188 g/mol. The van der Waals surface area contributed by atoms with E-state index in [4.69, 9.17) is 0 Å². The molecule has 0 saturated heterocycles. The summed E-state index contributed by atoms with van der Waals surface area (Å²) in [6.45, 7) is 8.36. The van der Waals surface area contributed by atoms with Gasteiger partial charge in [-0.1, -0.05) is 49.4 Å². The van der Waals surface area contributed by atoms with Gasteiger partial charge in [0.2, 0.25) is 0 Å². The van der Waals surface area contributed by atoms with Crippen molar-refractivity contribution in [2.24, 2.45) is 5.92 Å². The predicted molar refractivity (Wildman–Crippen MR) is 63.4 cm³/mol. The molecule has 0 amide bonds. The van der Waals surface area contributed by atoms with E-state index < -0.39 is 0 Å². The summed E-state index contributed by atoms with van der Waals surface area (Å²) in [6.07, 6.45) is 3.71. The van der Waals surface area contributed by atoms with E-state index >= 15 is 0 Å². The van der Waals surface area contributed by atoms with Gasteiger partial charge in [-0.2, -0.15) is 0 Å². The van der Waals surface area contributed by atoms with Gasteiger partial charge in [-0.05, 0) is 37.7 Å². The Hall–Kier alpha value is -1.04. The topological polar surface area (TPSA) is 0 Å². The average Bonchev–Trinajstić information content (AvgIpc) is 2.19. The van der Waals surface area contributed by atoms with Crippen molar-refractivity contribution in [2.45, 2.75) is 33.1 Å². The van der Waals surface area contributed by atoms with Gasteiger partial charge in [0, 0.05) is 0 Å². The molecule has 1 rings (SSSR count). The summed E-state index contributed by atoms with van der Waals surface area (Å²) in [5.74, 6) is 0.665. The first-order valence-corrected chi connectivity index (χ1v) is 5.39. The molecule has 0 N–H and O–H groups in total. The lowest BCUT2D eigenvalue weighted by Gasteiger charge is -2.10. The van der Waals surface area contributed by atoms with Gasteiger partial charge >= 0.3 is 0 Å². The van der Waals surface area contributed by atoms with E-state index in [2.05, 4.69) is 50.8 Å². The van der Waals surface area contributed by atoms with Gasteiger partial charge in [0.1, 0.15) is 0 Å². The molecule has 0 aliphatic carbocycles. The van der Waals surface area contributed by atoms with Gasteiger partial charge in [-0.3, -0.25) is 0 Å². The maximum atomic E-state index is 3.98. The van der Waals surface area contributed by atoms with E-state index in [1.54, 1.807) is 0 Å². The first kappa shape index (κ1) is 11.0. The van der Waals surface area contributed by atoms with Crippen LogP contribution in [0.25, 0.3) is 0 Å². The van der Waals surface area contributed by atoms with Crippen LogP contribution in [0.5, 0.6) is 0 Å². The lowest BCUT2D eigenvalue weighted by atomic mass is 9.96. The Labute approximate surface area is 87.7 Å². The first-order chi connectivity index (χ1) is 6.70. The highest BCUT2D eigenvalue weighted by Gasteiger charge is 2.01. The smallest absolute Gasteiger partial charge is 0.0237 e. The van der Waals surface area contributed by atoms with Crippen molar-refractivity contribution < 1.29 is 0 Å². The van der Waals surface area contributed by atoms with Crippen molar-refractivity contribution in [1.29, 1.82) is 0 Å². The second kappa shape index (κ2) is 5.64. The van der Waals surface area contributed by atoms with Crippen molar-refractivity contribution in [1.82, 2.24) is 0 Å². The quantitative estimate of drug-likeness (QED) is 0.607. The van der Waals surface area contributed by atoms with Gasteiger partial charge in [0.25, 0.3) is 0 Å². The SMILES string of the molecule is C=C(C)C(C)CCCc1ccccc1. The summed E-state index contributed by atoms with van der Waals surface area (Å²) in [5, 5.41) is 0. The fraction of sp³-hybridized carbons (Fsp3) is 0.429. The van der Waals surface area contributed by atoms with E-state index in [-0.39, 0.29) is 0 Å². The Bertz CT molecular complexity index is 271. The number of hydrogen-bond donors (Lipinski definition) is 0. The van der Waals surface area contributed by atoms with Crippen LogP contribution in [0.2, 0.25) is 0 Å². The highest BCUT2D eigenvalue weighted by Crippen LogP contribution is 2.15. The zero-order chi connectivity index (χ0) is 10.4. The lowest BCUT2D eigenvalue weighted by Crippen LogP contribution is -1.96.